The van der Waals surface area contributed by atoms with Crippen molar-refractivity contribution in [2.45, 2.75) is 0 Å². The van der Waals surface area contributed by atoms with Crippen molar-refractivity contribution in [3.8, 4) is 17.2 Å². The summed E-state index contributed by atoms with van der Waals surface area (Å²) in [4.78, 5) is 0. The van der Waals surface area contributed by atoms with E-state index in [1.807, 2.05) is 0 Å². The van der Waals surface area contributed by atoms with Crippen LogP contribution in [0, 0.1) is 64.0 Å². The van der Waals surface area contributed by atoms with Gasteiger partial charge in [0, 0.05) is 10.8 Å². The van der Waals surface area contributed by atoms with Crippen LogP contribution in [0.25, 0.3) is 21.5 Å². The fraction of sp³-hybridized carbons (Fsp3) is 0. The molecule has 0 amide bonds. The Bertz CT molecular complexity index is 1740. The molecule has 41 heavy (non-hydrogen) atoms. The van der Waals surface area contributed by atoms with E-state index in [1.54, 1.807) is 0 Å². The highest BCUT2D eigenvalue weighted by Crippen LogP contribution is 2.36. The van der Waals surface area contributed by atoms with Gasteiger partial charge < -0.3 is 14.0 Å². The number of rotatable bonds is 6. The number of benzene rings is 5. The highest BCUT2D eigenvalue weighted by molar-refractivity contribution is 6.40. The zero-order valence-corrected chi connectivity index (χ0v) is 19.6. The first kappa shape index (κ1) is 27.9. The van der Waals surface area contributed by atoms with E-state index in [4.69, 9.17) is 14.0 Å². The summed E-state index contributed by atoms with van der Waals surface area (Å²) < 4.78 is 170. The van der Waals surface area contributed by atoms with E-state index in [0.29, 0.717) is 24.3 Å². The van der Waals surface area contributed by atoms with Gasteiger partial charge in [-0.2, -0.15) is 8.78 Å². The van der Waals surface area contributed by atoms with Gasteiger partial charge in [-0.05, 0) is 48.5 Å². The van der Waals surface area contributed by atoms with Crippen LogP contribution < -0.4 is 14.0 Å². The number of fused-ring (bicyclic) bond motifs is 2. The van der Waals surface area contributed by atoms with Gasteiger partial charge in [-0.25, -0.2) is 39.5 Å². The predicted molar refractivity (Wildman–Crippen MR) is 122 cm³/mol. The highest BCUT2D eigenvalue weighted by Gasteiger charge is 2.37. The van der Waals surface area contributed by atoms with Gasteiger partial charge in [0.2, 0.25) is 29.1 Å². The lowest BCUT2D eigenvalue weighted by Crippen LogP contribution is -2.38. The van der Waals surface area contributed by atoms with E-state index in [9.17, 15) is 48.3 Å². The van der Waals surface area contributed by atoms with Gasteiger partial charge in [0.1, 0.15) is 23.1 Å². The summed E-state index contributed by atoms with van der Waals surface area (Å²) >= 11 is 0. The summed E-state index contributed by atoms with van der Waals surface area (Å²) in [5.41, 5.74) is 0. The van der Waals surface area contributed by atoms with Crippen LogP contribution in [0.4, 0.5) is 48.3 Å². The normalized spacial score (nSPS) is 11.3. The Morgan fingerprint density at radius 3 is 1.15 bits per heavy atom. The van der Waals surface area contributed by atoms with Gasteiger partial charge in [-0.15, -0.1) is 0 Å². The molecule has 3 nitrogen and oxygen atoms in total. The van der Waals surface area contributed by atoms with Crippen LogP contribution in [0.5, 0.6) is 17.2 Å². The van der Waals surface area contributed by atoms with Crippen LogP contribution in [0.2, 0.25) is 0 Å². The minimum absolute atomic E-state index is 0.504. The second kappa shape index (κ2) is 10.4. The molecule has 5 aromatic carbocycles. The van der Waals surface area contributed by atoms with Crippen LogP contribution in [-0.4, -0.2) is 7.32 Å². The van der Waals surface area contributed by atoms with Crippen LogP contribution in [0.15, 0.2) is 48.5 Å². The maximum atomic E-state index is 14.4. The molecule has 0 saturated carbocycles. The summed E-state index contributed by atoms with van der Waals surface area (Å²) in [5.74, 6) is -24.3. The number of hydrogen-bond acceptors (Lipinski definition) is 3. The minimum atomic E-state index is -2.62. The monoisotopic (exact) mass is 588 g/mol. The van der Waals surface area contributed by atoms with Crippen LogP contribution in [0.3, 0.4) is 0 Å². The molecular formula is C26H8BF11O3. The summed E-state index contributed by atoms with van der Waals surface area (Å²) in [6.07, 6.45) is 0. The third-order valence-corrected chi connectivity index (χ3v) is 5.79. The van der Waals surface area contributed by atoms with Gasteiger partial charge >= 0.3 is 7.32 Å². The van der Waals surface area contributed by atoms with Crippen molar-refractivity contribution >= 4 is 28.9 Å². The lowest BCUT2D eigenvalue weighted by Gasteiger charge is -2.20. The summed E-state index contributed by atoms with van der Waals surface area (Å²) in [7, 11) is -2.62. The maximum Gasteiger partial charge on any atom is 0.864 e. The fourth-order valence-corrected chi connectivity index (χ4v) is 3.89. The molecule has 0 fully saturated rings. The molecule has 15 heteroatoms. The molecule has 0 spiro atoms. The zero-order chi connectivity index (χ0) is 29.7. The minimum Gasteiger partial charge on any atom is -0.489 e. The molecule has 0 heterocycles. The van der Waals surface area contributed by atoms with Gasteiger partial charge in [0.05, 0.1) is 10.8 Å². The van der Waals surface area contributed by atoms with Crippen molar-refractivity contribution in [1.82, 2.24) is 0 Å². The van der Waals surface area contributed by atoms with Gasteiger partial charge in [-0.3, -0.25) is 0 Å². The quantitative estimate of drug-likeness (QED) is 0.0871. The molecule has 0 saturated heterocycles. The smallest absolute Gasteiger partial charge is 0.489 e. The Labute approximate surface area is 221 Å². The second-order valence-electron chi connectivity index (χ2n) is 8.20. The lowest BCUT2D eigenvalue weighted by atomic mass is 10.1. The van der Waals surface area contributed by atoms with E-state index in [0.717, 1.165) is 24.3 Å². The molecule has 0 aromatic heterocycles. The molecule has 0 bridgehead atoms. The Kier molecular flexibility index (Phi) is 7.05. The Morgan fingerprint density at radius 1 is 0.366 bits per heavy atom. The van der Waals surface area contributed by atoms with Crippen molar-refractivity contribution in [3.63, 3.8) is 0 Å². The molecule has 0 aliphatic carbocycles. The van der Waals surface area contributed by atoms with Crippen molar-refractivity contribution in [2.24, 2.45) is 0 Å². The molecule has 0 atom stereocenters. The SMILES string of the molecule is Fc1ccc2c(OB(Oc3c(F)c(F)c(F)c(F)c3F)Oc3ccc(F)c4c(F)c(F)ccc34)ccc(F)c2c1F. The highest BCUT2D eigenvalue weighted by atomic mass is 19.2. The molecule has 5 aromatic rings. The maximum absolute atomic E-state index is 14.4. The van der Waals surface area contributed by atoms with E-state index < -0.39 is 110 Å². The first-order valence-electron chi connectivity index (χ1n) is 11.0. The predicted octanol–water partition coefficient (Wildman–Crippen LogP) is 8.04. The lowest BCUT2D eigenvalue weighted by molar-refractivity contribution is 0.279. The van der Waals surface area contributed by atoms with E-state index in [-0.39, 0.29) is 0 Å². The van der Waals surface area contributed by atoms with E-state index >= 15 is 0 Å². The van der Waals surface area contributed by atoms with E-state index in [1.165, 1.54) is 0 Å². The Hall–Kier alpha value is -4.69. The first-order chi connectivity index (χ1) is 19.4. The van der Waals surface area contributed by atoms with Gasteiger partial charge in [0.15, 0.2) is 29.0 Å². The first-order valence-corrected chi connectivity index (χ1v) is 11.0. The molecule has 0 radical (unpaired) electrons. The topological polar surface area (TPSA) is 27.7 Å². The molecular weight excluding hydrogens is 580 g/mol. The third-order valence-electron chi connectivity index (χ3n) is 5.79. The number of halogens is 11. The van der Waals surface area contributed by atoms with Crippen LogP contribution in [-0.2, 0) is 0 Å². The summed E-state index contributed by atoms with van der Waals surface area (Å²) in [5, 5.41) is -2.92. The van der Waals surface area contributed by atoms with Crippen molar-refractivity contribution in [1.29, 1.82) is 0 Å². The summed E-state index contributed by atoms with van der Waals surface area (Å²) in [6, 6.07) is 5.55. The third kappa shape index (κ3) is 4.70. The van der Waals surface area contributed by atoms with Gasteiger partial charge in [-0.1, -0.05) is 0 Å². The Morgan fingerprint density at radius 2 is 0.732 bits per heavy atom. The van der Waals surface area contributed by atoms with Gasteiger partial charge in [0.25, 0.3) is 0 Å². The van der Waals surface area contributed by atoms with Crippen molar-refractivity contribution in [2.75, 3.05) is 0 Å². The Balaban J connectivity index is 1.66. The standard InChI is InChI=1S/C26H8BF11O3/c28-11-5-7-15(9-1-3-13(30)19(32)17(9)11)39-27(41-26-24(37)22(35)21(34)23(36)25(26)38)40-16-8-6-12(29)18-10(16)2-4-14(31)20(18)33/h1-8H. The van der Waals surface area contributed by atoms with Crippen molar-refractivity contribution in [3.05, 3.63) is 113 Å². The van der Waals surface area contributed by atoms with Crippen LogP contribution in [0.1, 0.15) is 0 Å². The molecule has 0 aliphatic rings. The largest absolute Gasteiger partial charge is 0.864 e. The van der Waals surface area contributed by atoms with Crippen LogP contribution >= 0.6 is 0 Å². The molecule has 0 N–H and O–H groups in total. The van der Waals surface area contributed by atoms with E-state index in [2.05, 4.69) is 0 Å². The molecule has 5 rings (SSSR count). The molecule has 0 unspecified atom stereocenters. The fourth-order valence-electron chi connectivity index (χ4n) is 3.89. The average Bonchev–Trinajstić information content (AvgIpc) is 2.95. The summed E-state index contributed by atoms with van der Waals surface area (Å²) in [6.45, 7) is 0. The second-order valence-corrected chi connectivity index (χ2v) is 8.20. The number of hydrogen-bond donors (Lipinski definition) is 0. The average molecular weight is 588 g/mol. The molecule has 0 aliphatic heterocycles. The molecule has 210 valence electrons. The van der Waals surface area contributed by atoms with Crippen molar-refractivity contribution < 1.29 is 62.3 Å². The zero-order valence-electron chi connectivity index (χ0n) is 19.6.